The van der Waals surface area contributed by atoms with Crippen LogP contribution in [0.2, 0.25) is 0 Å². The van der Waals surface area contributed by atoms with Crippen LogP contribution in [0.15, 0.2) is 42.5 Å². The number of hydrogen-bond acceptors (Lipinski definition) is 2. The zero-order valence-corrected chi connectivity index (χ0v) is 14.8. The van der Waals surface area contributed by atoms with E-state index < -0.39 is 5.72 Å². The number of benzene rings is 2. The van der Waals surface area contributed by atoms with E-state index in [1.165, 1.54) is 29.1 Å². The van der Waals surface area contributed by atoms with Gasteiger partial charge >= 0.3 is 0 Å². The molecule has 2 aromatic carbocycles. The van der Waals surface area contributed by atoms with Gasteiger partial charge in [-0.25, -0.2) is 13.9 Å². The van der Waals surface area contributed by atoms with Crippen molar-refractivity contribution in [3.8, 4) is 0 Å². The summed E-state index contributed by atoms with van der Waals surface area (Å²) in [6.07, 6.45) is 3.15. The molecule has 25 heavy (non-hydrogen) atoms. The average molecular weight is 339 g/mol. The number of β-amino-alcohol motifs (C(OH)–C–C–N with tert-alkyl or cyclic N) is 1. The number of hydrogen-bond donors (Lipinski definition) is 1. The fourth-order valence-corrected chi connectivity index (χ4v) is 4.09. The summed E-state index contributed by atoms with van der Waals surface area (Å²) in [5.74, 6) is 0.895. The topological polar surface area (TPSA) is 26.5 Å². The van der Waals surface area contributed by atoms with Crippen LogP contribution in [0.4, 0.5) is 10.1 Å². The molecule has 2 aliphatic heterocycles. The van der Waals surface area contributed by atoms with E-state index in [1.807, 2.05) is 0 Å². The van der Waals surface area contributed by atoms with Gasteiger partial charge in [-0.1, -0.05) is 12.1 Å². The minimum atomic E-state index is -1.11. The van der Waals surface area contributed by atoms with E-state index in [1.54, 1.807) is 12.1 Å². The van der Waals surface area contributed by atoms with Gasteiger partial charge in [-0.3, -0.25) is 0 Å². The van der Waals surface area contributed by atoms with Gasteiger partial charge in [0, 0.05) is 12.0 Å². The standard InChI is InChI=1S/C21H24FN2O/c1-15-6-7-16(2)19(13-15)23-14-21(25,17-8-10-18(22)11-9-17)24-12-4-3-5-20(23)24/h6-11,13,25H,3-5,12,14H2,1-2H3/q+1. The summed E-state index contributed by atoms with van der Waals surface area (Å²) in [5.41, 5.74) is 3.20. The van der Waals surface area contributed by atoms with Crippen molar-refractivity contribution in [2.75, 3.05) is 18.0 Å². The van der Waals surface area contributed by atoms with E-state index >= 15 is 0 Å². The summed E-state index contributed by atoms with van der Waals surface area (Å²) < 4.78 is 15.5. The third-order valence-corrected chi connectivity index (χ3v) is 5.44. The van der Waals surface area contributed by atoms with Gasteiger partial charge in [0.15, 0.2) is 6.54 Å². The SMILES string of the molecule is Cc1ccc(C)c(N2CC(O)(c3ccc(F)cc3)[N+]3=C2CCCC3)c1. The number of anilines is 1. The minimum Gasteiger partial charge on any atom is -0.346 e. The Morgan fingerprint density at radius 3 is 2.60 bits per heavy atom. The Balaban J connectivity index is 1.83. The molecule has 0 fully saturated rings. The molecule has 2 aliphatic rings. The minimum absolute atomic E-state index is 0.278. The molecule has 3 nitrogen and oxygen atoms in total. The molecule has 0 saturated carbocycles. The Labute approximate surface area is 148 Å². The van der Waals surface area contributed by atoms with Crippen LogP contribution in [0.5, 0.6) is 0 Å². The fourth-order valence-electron chi connectivity index (χ4n) is 4.09. The maximum atomic E-state index is 13.4. The van der Waals surface area contributed by atoms with Crippen LogP contribution in [-0.4, -0.2) is 28.6 Å². The second kappa shape index (κ2) is 5.95. The van der Waals surface area contributed by atoms with E-state index in [0.29, 0.717) is 6.54 Å². The van der Waals surface area contributed by atoms with Gasteiger partial charge in [-0.2, -0.15) is 0 Å². The highest BCUT2D eigenvalue weighted by molar-refractivity contribution is 5.96. The Morgan fingerprint density at radius 1 is 1.08 bits per heavy atom. The molecular weight excluding hydrogens is 315 g/mol. The third-order valence-electron chi connectivity index (χ3n) is 5.44. The molecule has 1 unspecified atom stereocenters. The number of amidine groups is 1. The number of halogens is 1. The zero-order valence-electron chi connectivity index (χ0n) is 14.8. The summed E-state index contributed by atoms with van der Waals surface area (Å²) in [6, 6.07) is 12.7. The lowest BCUT2D eigenvalue weighted by Gasteiger charge is -2.24. The molecule has 4 heteroatoms. The smallest absolute Gasteiger partial charge is 0.271 e. The van der Waals surface area contributed by atoms with Gasteiger partial charge in [0.25, 0.3) is 11.6 Å². The van der Waals surface area contributed by atoms with Gasteiger partial charge in [0.1, 0.15) is 11.5 Å². The number of aliphatic hydroxyl groups is 1. The summed E-state index contributed by atoms with van der Waals surface area (Å²) in [6.45, 7) is 5.50. The lowest BCUT2D eigenvalue weighted by molar-refractivity contribution is -0.661. The third kappa shape index (κ3) is 2.65. The van der Waals surface area contributed by atoms with E-state index in [4.69, 9.17) is 0 Å². The first kappa shape index (κ1) is 16.3. The lowest BCUT2D eigenvalue weighted by Crippen LogP contribution is -2.41. The molecule has 0 bridgehead atoms. The van der Waals surface area contributed by atoms with Crippen LogP contribution >= 0.6 is 0 Å². The highest BCUT2D eigenvalue weighted by Crippen LogP contribution is 2.37. The fraction of sp³-hybridized carbons (Fsp3) is 0.381. The van der Waals surface area contributed by atoms with Crippen molar-refractivity contribution in [3.63, 3.8) is 0 Å². The average Bonchev–Trinajstić information content (AvgIpc) is 2.92. The van der Waals surface area contributed by atoms with Gasteiger partial charge < -0.3 is 5.11 Å². The van der Waals surface area contributed by atoms with Crippen molar-refractivity contribution in [1.29, 1.82) is 0 Å². The normalized spacial score (nSPS) is 23.1. The zero-order chi connectivity index (χ0) is 17.6. The Bertz CT molecular complexity index is 843. The molecule has 2 aromatic rings. The predicted molar refractivity (Wildman–Crippen MR) is 97.5 cm³/mol. The Kier molecular flexibility index (Phi) is 3.88. The van der Waals surface area contributed by atoms with Crippen LogP contribution < -0.4 is 4.90 Å². The van der Waals surface area contributed by atoms with Gasteiger partial charge in [-0.15, -0.1) is 0 Å². The molecule has 130 valence electrons. The molecule has 0 amide bonds. The molecule has 2 heterocycles. The van der Waals surface area contributed by atoms with E-state index in [0.717, 1.165) is 37.1 Å². The van der Waals surface area contributed by atoms with Crippen molar-refractivity contribution in [2.24, 2.45) is 0 Å². The van der Waals surface area contributed by atoms with E-state index in [-0.39, 0.29) is 5.82 Å². The molecule has 1 atom stereocenters. The summed E-state index contributed by atoms with van der Waals surface area (Å²) in [5, 5.41) is 11.6. The molecule has 0 radical (unpaired) electrons. The maximum Gasteiger partial charge on any atom is 0.271 e. The van der Waals surface area contributed by atoms with Gasteiger partial charge in [0.2, 0.25) is 0 Å². The van der Waals surface area contributed by atoms with Crippen molar-refractivity contribution < 1.29 is 14.1 Å². The summed E-state index contributed by atoms with van der Waals surface area (Å²) >= 11 is 0. The second-order valence-corrected chi connectivity index (χ2v) is 7.22. The lowest BCUT2D eigenvalue weighted by atomic mass is 10.0. The first-order valence-electron chi connectivity index (χ1n) is 8.96. The predicted octanol–water partition coefficient (Wildman–Crippen LogP) is 3.70. The van der Waals surface area contributed by atoms with Crippen LogP contribution in [0.3, 0.4) is 0 Å². The van der Waals surface area contributed by atoms with Crippen LogP contribution in [0, 0.1) is 19.7 Å². The van der Waals surface area contributed by atoms with Gasteiger partial charge in [-0.05, 0) is 68.1 Å². The van der Waals surface area contributed by atoms with E-state index in [2.05, 4.69) is 41.5 Å². The first-order chi connectivity index (χ1) is 12.0. The highest BCUT2D eigenvalue weighted by atomic mass is 19.1. The Morgan fingerprint density at radius 2 is 1.84 bits per heavy atom. The molecule has 1 N–H and O–H groups in total. The maximum absolute atomic E-state index is 13.4. The Hall–Kier alpha value is -2.20. The molecule has 4 rings (SSSR count). The van der Waals surface area contributed by atoms with Gasteiger partial charge in [0.05, 0.1) is 6.54 Å². The molecule has 0 saturated heterocycles. The molecular formula is C21H24FN2O+. The van der Waals surface area contributed by atoms with Crippen molar-refractivity contribution >= 4 is 11.5 Å². The van der Waals surface area contributed by atoms with Crippen LogP contribution in [0.25, 0.3) is 0 Å². The highest BCUT2D eigenvalue weighted by Gasteiger charge is 2.52. The van der Waals surface area contributed by atoms with Crippen LogP contribution in [0.1, 0.15) is 36.0 Å². The summed E-state index contributed by atoms with van der Waals surface area (Å²) in [4.78, 5) is 2.25. The molecule has 0 aromatic heterocycles. The van der Waals surface area contributed by atoms with Crippen molar-refractivity contribution in [2.45, 2.75) is 38.8 Å². The monoisotopic (exact) mass is 339 g/mol. The summed E-state index contributed by atoms with van der Waals surface area (Å²) in [7, 11) is 0. The molecule has 0 spiro atoms. The van der Waals surface area contributed by atoms with Crippen LogP contribution in [-0.2, 0) is 5.72 Å². The number of rotatable bonds is 2. The van der Waals surface area contributed by atoms with Crippen molar-refractivity contribution in [3.05, 3.63) is 65.0 Å². The number of aryl methyl sites for hydroxylation is 2. The largest absolute Gasteiger partial charge is 0.346 e. The number of nitrogens with zero attached hydrogens (tertiary/aromatic N) is 2. The first-order valence-corrected chi connectivity index (χ1v) is 8.96. The van der Waals surface area contributed by atoms with E-state index in [9.17, 15) is 9.50 Å². The molecule has 0 aliphatic carbocycles. The van der Waals surface area contributed by atoms with Crippen molar-refractivity contribution in [1.82, 2.24) is 0 Å². The second-order valence-electron chi connectivity index (χ2n) is 7.22. The quantitative estimate of drug-likeness (QED) is 0.845.